The van der Waals surface area contributed by atoms with Crippen LogP contribution in [0.15, 0.2) is 146 Å². The Hall–Kier alpha value is -7.10. The van der Waals surface area contributed by atoms with Gasteiger partial charge in [0.25, 0.3) is 0 Å². The van der Waals surface area contributed by atoms with Gasteiger partial charge in [0.1, 0.15) is 0 Å². The van der Waals surface area contributed by atoms with Gasteiger partial charge in [-0.2, -0.15) is 0 Å². The van der Waals surface area contributed by atoms with Crippen LogP contribution in [0.1, 0.15) is 54.4 Å². The minimum atomic E-state index is 0.641. The van der Waals surface area contributed by atoms with E-state index in [4.69, 9.17) is 24.9 Å². The number of hydrogen-bond acceptors (Lipinski definition) is 6. The number of allylic oxidation sites excluding steroid dienone is 8. The maximum Gasteiger partial charge on any atom is 0.164 e. The van der Waals surface area contributed by atoms with Gasteiger partial charge < -0.3 is 0 Å². The number of nitrogens with zero attached hydrogens (tertiary/aromatic N) is 6. The highest BCUT2D eigenvalue weighted by Crippen LogP contribution is 2.39. The number of aryl methyl sites for hydroxylation is 2. The largest absolute Gasteiger partial charge is 0.258 e. The zero-order chi connectivity index (χ0) is 37.8. The molecule has 56 heavy (non-hydrogen) atoms. The molecule has 3 heterocycles. The Morgan fingerprint density at radius 1 is 0.482 bits per heavy atom. The van der Waals surface area contributed by atoms with E-state index in [2.05, 4.69) is 115 Å². The molecule has 2 aliphatic rings. The van der Waals surface area contributed by atoms with Gasteiger partial charge in [-0.05, 0) is 86.6 Å². The second-order valence-electron chi connectivity index (χ2n) is 14.0. The second kappa shape index (κ2) is 15.3. The van der Waals surface area contributed by atoms with E-state index in [9.17, 15) is 0 Å². The van der Waals surface area contributed by atoms with Crippen molar-refractivity contribution in [1.29, 1.82) is 0 Å². The molecule has 0 bridgehead atoms. The number of aromatic nitrogens is 6. The lowest BCUT2D eigenvalue weighted by molar-refractivity contribution is 0.953. The summed E-state index contributed by atoms with van der Waals surface area (Å²) in [7, 11) is 0. The maximum absolute atomic E-state index is 5.47. The van der Waals surface area contributed by atoms with Crippen molar-refractivity contribution in [1.82, 2.24) is 29.9 Å². The Kier molecular flexibility index (Phi) is 9.49. The predicted molar refractivity (Wildman–Crippen MR) is 226 cm³/mol. The molecular formula is C50H38N6. The zero-order valence-electron chi connectivity index (χ0n) is 31.4. The van der Waals surface area contributed by atoms with Crippen molar-refractivity contribution < 1.29 is 0 Å². The van der Waals surface area contributed by atoms with Crippen LogP contribution in [-0.4, -0.2) is 29.9 Å². The van der Waals surface area contributed by atoms with Gasteiger partial charge in [0.2, 0.25) is 0 Å². The van der Waals surface area contributed by atoms with Crippen LogP contribution in [0.3, 0.4) is 0 Å². The van der Waals surface area contributed by atoms with Gasteiger partial charge in [-0.25, -0.2) is 24.9 Å². The Morgan fingerprint density at radius 3 is 1.82 bits per heavy atom. The van der Waals surface area contributed by atoms with E-state index in [1.807, 2.05) is 61.5 Å². The first-order chi connectivity index (χ1) is 27.6. The van der Waals surface area contributed by atoms with E-state index >= 15 is 0 Å². The smallest absolute Gasteiger partial charge is 0.164 e. The summed E-state index contributed by atoms with van der Waals surface area (Å²) < 4.78 is 0. The van der Waals surface area contributed by atoms with E-state index in [-0.39, 0.29) is 0 Å². The Morgan fingerprint density at radius 2 is 1.14 bits per heavy atom. The molecule has 268 valence electrons. The molecule has 4 aromatic carbocycles. The molecule has 7 aromatic rings. The van der Waals surface area contributed by atoms with Gasteiger partial charge in [0.05, 0.1) is 22.8 Å². The van der Waals surface area contributed by atoms with Crippen LogP contribution in [0.4, 0.5) is 0 Å². The first kappa shape index (κ1) is 34.7. The van der Waals surface area contributed by atoms with Crippen molar-refractivity contribution in [3.05, 3.63) is 187 Å². The van der Waals surface area contributed by atoms with Crippen molar-refractivity contribution in [3.63, 3.8) is 0 Å². The molecule has 0 saturated carbocycles. The van der Waals surface area contributed by atoms with E-state index < -0.39 is 0 Å². The van der Waals surface area contributed by atoms with Crippen molar-refractivity contribution in [3.8, 4) is 56.3 Å². The van der Waals surface area contributed by atoms with Crippen molar-refractivity contribution in [2.24, 2.45) is 0 Å². The van der Waals surface area contributed by atoms with Gasteiger partial charge in [0, 0.05) is 44.8 Å². The van der Waals surface area contributed by atoms with Crippen molar-refractivity contribution in [2.45, 2.75) is 39.5 Å². The first-order valence-electron chi connectivity index (χ1n) is 19.1. The Labute approximate surface area is 327 Å². The van der Waals surface area contributed by atoms with Gasteiger partial charge in [-0.3, -0.25) is 4.98 Å². The molecule has 0 unspecified atom stereocenters. The lowest BCUT2D eigenvalue weighted by Crippen LogP contribution is -2.08. The average Bonchev–Trinajstić information content (AvgIpc) is 3.27. The third kappa shape index (κ3) is 7.11. The number of rotatable bonds is 8. The van der Waals surface area contributed by atoms with Crippen molar-refractivity contribution in [2.75, 3.05) is 0 Å². The quantitative estimate of drug-likeness (QED) is 0.155. The molecule has 9 rings (SSSR count). The topological polar surface area (TPSA) is 77.3 Å². The Bertz CT molecular complexity index is 2680. The molecule has 6 heteroatoms. The standard InChI is InChI=1S/C50H38N6/c1-33-26-31-43(34(2)51-33)35-27-29-40(30-28-35)49-54-48(39-22-13-6-14-23-39)55-50(56-49)42-25-15-24-41(32-42)47-46(38-20-11-5-12-21-38)52-44(36-16-7-3-8-17-36)45(53-47)37-18-9-4-10-19-37/h3-4,7-11,13,16-24,26-32H,6,14-15,25H2,1-2H3. The van der Waals surface area contributed by atoms with Crippen LogP contribution in [-0.2, 0) is 0 Å². The number of pyridine rings is 1. The molecule has 0 N–H and O–H groups in total. The molecule has 0 fully saturated rings. The lowest BCUT2D eigenvalue weighted by Gasteiger charge is -2.19. The van der Waals surface area contributed by atoms with E-state index in [1.54, 1.807) is 0 Å². The fourth-order valence-corrected chi connectivity index (χ4v) is 7.32. The lowest BCUT2D eigenvalue weighted by atomic mass is 9.93. The van der Waals surface area contributed by atoms with Crippen molar-refractivity contribution >= 4 is 16.7 Å². The van der Waals surface area contributed by atoms with E-state index in [1.165, 1.54) is 0 Å². The highest BCUT2D eigenvalue weighted by molar-refractivity contribution is 5.91. The van der Waals surface area contributed by atoms with Crippen LogP contribution < -0.4 is 0 Å². The minimum absolute atomic E-state index is 0.641. The third-order valence-electron chi connectivity index (χ3n) is 10.2. The van der Waals surface area contributed by atoms with Crippen LogP contribution in [0.2, 0.25) is 0 Å². The van der Waals surface area contributed by atoms with Crippen LogP contribution in [0.5, 0.6) is 0 Å². The number of hydrogen-bond donors (Lipinski definition) is 0. The molecule has 0 amide bonds. The van der Waals surface area contributed by atoms with Gasteiger partial charge in [-0.15, -0.1) is 0 Å². The predicted octanol–water partition coefficient (Wildman–Crippen LogP) is 11.6. The summed E-state index contributed by atoms with van der Waals surface area (Å²) in [4.78, 5) is 30.9. The highest BCUT2D eigenvalue weighted by Gasteiger charge is 2.23. The second-order valence-corrected chi connectivity index (χ2v) is 14.0. The monoisotopic (exact) mass is 722 g/mol. The molecular weight excluding hydrogens is 685 g/mol. The fraction of sp³-hybridized carbons (Fsp3) is 0.120. The van der Waals surface area contributed by atoms with Crippen LogP contribution in [0, 0.1) is 26.0 Å². The van der Waals surface area contributed by atoms with Gasteiger partial charge in [-0.1, -0.05) is 127 Å². The van der Waals surface area contributed by atoms with E-state index in [0.717, 1.165) is 110 Å². The molecule has 0 saturated heterocycles. The summed E-state index contributed by atoms with van der Waals surface area (Å²) in [5.74, 6) is 1.98. The molecule has 3 aromatic heterocycles. The summed E-state index contributed by atoms with van der Waals surface area (Å²) >= 11 is 0. The molecule has 6 nitrogen and oxygen atoms in total. The summed E-state index contributed by atoms with van der Waals surface area (Å²) in [6.45, 7) is 4.07. The van der Waals surface area contributed by atoms with Gasteiger partial charge in [0.15, 0.2) is 17.5 Å². The molecule has 0 atom stereocenters. The minimum Gasteiger partial charge on any atom is -0.258 e. The first-order valence-corrected chi connectivity index (χ1v) is 19.1. The zero-order valence-corrected chi connectivity index (χ0v) is 31.4. The maximum atomic E-state index is 5.47. The van der Waals surface area contributed by atoms with Crippen LogP contribution >= 0.6 is 0 Å². The molecule has 0 spiro atoms. The van der Waals surface area contributed by atoms with E-state index in [0.29, 0.717) is 17.5 Å². The molecule has 0 radical (unpaired) electrons. The fourth-order valence-electron chi connectivity index (χ4n) is 7.32. The molecule has 2 aliphatic carbocycles. The summed E-state index contributed by atoms with van der Waals surface area (Å²) in [6.07, 6.45) is 14.5. The average molecular weight is 723 g/mol. The van der Waals surface area contributed by atoms with Gasteiger partial charge >= 0.3 is 0 Å². The molecule has 0 aliphatic heterocycles. The SMILES string of the molecule is Cc1ccc(-c2ccc(-c3nc(C4=CCCC=C4)nc(C4=CC(c5nc(-c6ccccc6)c(-c6ccccc6)nc5-c5cc#ccc5)=CCC4)n3)cc2)c(C)n1. The summed E-state index contributed by atoms with van der Waals surface area (Å²) in [5.41, 5.74) is 14.3. The Balaban J connectivity index is 1.17. The summed E-state index contributed by atoms with van der Waals surface area (Å²) in [6, 6.07) is 45.2. The normalized spacial score (nSPS) is 13.7. The van der Waals surface area contributed by atoms with Crippen LogP contribution in [0.25, 0.3) is 73.0 Å². The highest BCUT2D eigenvalue weighted by atomic mass is 15.0. The number of benzene rings is 3. The third-order valence-corrected chi connectivity index (χ3v) is 10.2. The summed E-state index contributed by atoms with van der Waals surface area (Å²) in [5, 5.41) is 0.